The van der Waals surface area contributed by atoms with Gasteiger partial charge in [0.2, 0.25) is 5.89 Å². The van der Waals surface area contributed by atoms with E-state index >= 15 is 0 Å². The van der Waals surface area contributed by atoms with Gasteiger partial charge in [0.1, 0.15) is 17.8 Å². The number of phenols is 1. The summed E-state index contributed by atoms with van der Waals surface area (Å²) in [6.07, 6.45) is 2.73. The van der Waals surface area contributed by atoms with Crippen LogP contribution in [0.15, 0.2) is 33.8 Å². The number of carbonyl (C=O) groups is 2. The number of nitrogens with two attached hydrogens (primary N) is 4. The Balaban J connectivity index is 2.03. The van der Waals surface area contributed by atoms with E-state index in [9.17, 15) is 19.8 Å². The summed E-state index contributed by atoms with van der Waals surface area (Å²) in [7, 11) is 0. The molecule has 0 aliphatic heterocycles. The monoisotopic (exact) mass is 505 g/mol. The Bertz CT molecular complexity index is 992. The number of nitrogens with one attached hydrogen (secondary N) is 2. The maximum atomic E-state index is 12.6. The Morgan fingerprint density at radius 2 is 1.81 bits per heavy atom. The minimum Gasteiger partial charge on any atom is -0.508 e. The second kappa shape index (κ2) is 14.5. The molecule has 12 N–H and O–H groups in total. The predicted octanol–water partition coefficient (Wildman–Crippen LogP) is -0.00620. The highest BCUT2D eigenvalue weighted by Crippen LogP contribution is 2.21. The first kappa shape index (κ1) is 28.3. The Hall–Kier alpha value is -3.91. The fourth-order valence-corrected chi connectivity index (χ4v) is 3.39. The molecular weight excluding hydrogens is 470 g/mol. The second-order valence-electron chi connectivity index (χ2n) is 8.26. The van der Waals surface area contributed by atoms with Crippen molar-refractivity contribution in [3.63, 3.8) is 0 Å². The number of amides is 2. The van der Waals surface area contributed by atoms with Gasteiger partial charge in [-0.3, -0.25) is 4.99 Å². The molecule has 1 unspecified atom stereocenters. The topological polar surface area (TPSA) is 254 Å². The van der Waals surface area contributed by atoms with Crippen molar-refractivity contribution in [3.8, 4) is 5.75 Å². The number of rotatable bonds is 15. The average Bonchev–Trinajstić information content (AvgIpc) is 3.32. The number of carboxylic acids is 1. The van der Waals surface area contributed by atoms with E-state index in [0.717, 1.165) is 5.56 Å². The summed E-state index contributed by atoms with van der Waals surface area (Å²) < 4.78 is 5.38. The van der Waals surface area contributed by atoms with Crippen molar-refractivity contribution < 1.29 is 24.3 Å². The fourth-order valence-electron chi connectivity index (χ4n) is 3.39. The molecule has 0 aliphatic rings. The number of unbranched alkanes of at least 4 members (excludes halogenated alkanes) is 1. The number of aliphatic carboxylic acids is 1. The summed E-state index contributed by atoms with van der Waals surface area (Å²) in [5, 5.41) is 28.0. The molecule has 0 spiro atoms. The third kappa shape index (κ3) is 9.76. The molecule has 2 amide bonds. The largest absolute Gasteiger partial charge is 0.508 e. The molecule has 2 rings (SSSR count). The highest BCUT2D eigenvalue weighted by Gasteiger charge is 2.25. The normalized spacial score (nSPS) is 13.4. The molecule has 14 nitrogen and oxygen atoms in total. The van der Waals surface area contributed by atoms with Crippen molar-refractivity contribution in [2.45, 2.75) is 56.7 Å². The highest BCUT2D eigenvalue weighted by molar-refractivity contribution is 5.82. The van der Waals surface area contributed by atoms with Crippen LogP contribution in [0.25, 0.3) is 0 Å². The molecule has 0 fully saturated rings. The summed E-state index contributed by atoms with van der Waals surface area (Å²) in [6.45, 7) is 0.717. The van der Waals surface area contributed by atoms with Gasteiger partial charge in [-0.15, -0.1) is 0 Å². The van der Waals surface area contributed by atoms with Crippen molar-refractivity contribution in [3.05, 3.63) is 41.5 Å². The van der Waals surface area contributed by atoms with Crippen LogP contribution in [0, 0.1) is 0 Å². The summed E-state index contributed by atoms with van der Waals surface area (Å²) in [6, 6.07) is 3.52. The van der Waals surface area contributed by atoms with Crippen molar-refractivity contribution in [1.82, 2.24) is 20.8 Å². The Morgan fingerprint density at radius 1 is 1.08 bits per heavy atom. The van der Waals surface area contributed by atoms with Gasteiger partial charge in [0.25, 0.3) is 0 Å². The molecule has 14 heteroatoms. The molecule has 3 atom stereocenters. The molecule has 0 saturated heterocycles. The van der Waals surface area contributed by atoms with E-state index in [1.54, 1.807) is 24.3 Å². The van der Waals surface area contributed by atoms with Gasteiger partial charge in [0.05, 0.1) is 6.04 Å². The zero-order valence-electron chi connectivity index (χ0n) is 20.0. The number of carboxylic acid groups (broad SMARTS) is 1. The quantitative estimate of drug-likeness (QED) is 0.0907. The standard InChI is InChI=1S/C22H35N9O5/c23-10-2-1-4-16(28-22(35)29-17(20(33)34)5-3-11-27-21(25)26)19-30-18(31-36-19)15(24)12-13-6-8-14(32)9-7-13/h6-9,15-17,32H,1-5,10-12,23-24H2,(H,33,34)(H4,25,26,27)(H2,28,29,35)/t15-,16?,17-/m0/s1. The SMILES string of the molecule is NCCCCC(NC(=O)N[C@@H](CCCN=C(N)N)C(=O)O)c1nc([C@@H](N)Cc2ccc(O)cc2)no1. The van der Waals surface area contributed by atoms with Crippen LogP contribution >= 0.6 is 0 Å². The van der Waals surface area contributed by atoms with Crippen LogP contribution < -0.4 is 33.6 Å². The van der Waals surface area contributed by atoms with E-state index in [2.05, 4.69) is 25.8 Å². The number of carbonyl (C=O) groups excluding carboxylic acids is 1. The number of phenolic OH excluding ortho intramolecular Hbond substituents is 1. The molecule has 0 bridgehead atoms. The van der Waals surface area contributed by atoms with Crippen LogP contribution in [0.3, 0.4) is 0 Å². The first-order valence-electron chi connectivity index (χ1n) is 11.6. The maximum absolute atomic E-state index is 12.6. The maximum Gasteiger partial charge on any atom is 0.326 e. The number of nitrogens with zero attached hydrogens (tertiary/aromatic N) is 3. The molecule has 1 heterocycles. The van der Waals surface area contributed by atoms with Crippen molar-refractivity contribution in [1.29, 1.82) is 0 Å². The van der Waals surface area contributed by atoms with Crippen LogP contribution in [0.2, 0.25) is 0 Å². The lowest BCUT2D eigenvalue weighted by atomic mass is 10.1. The zero-order valence-corrected chi connectivity index (χ0v) is 20.0. The Morgan fingerprint density at radius 3 is 2.44 bits per heavy atom. The number of guanidine groups is 1. The third-order valence-electron chi connectivity index (χ3n) is 5.28. The molecule has 0 saturated carbocycles. The number of benzene rings is 1. The lowest BCUT2D eigenvalue weighted by Crippen LogP contribution is -2.47. The van der Waals surface area contributed by atoms with E-state index in [0.29, 0.717) is 38.6 Å². The summed E-state index contributed by atoms with van der Waals surface area (Å²) in [5.41, 5.74) is 23.2. The molecule has 1 aromatic carbocycles. The van der Waals surface area contributed by atoms with Gasteiger partial charge in [-0.25, -0.2) is 9.59 Å². The van der Waals surface area contributed by atoms with Crippen LogP contribution in [0.1, 0.15) is 61.5 Å². The molecule has 0 aliphatic carbocycles. The summed E-state index contributed by atoms with van der Waals surface area (Å²) >= 11 is 0. The summed E-state index contributed by atoms with van der Waals surface area (Å²) in [5.74, 6) is -0.715. The molecule has 2 aromatic rings. The van der Waals surface area contributed by atoms with Crippen LogP contribution in [0.4, 0.5) is 4.79 Å². The van der Waals surface area contributed by atoms with Gasteiger partial charge in [-0.05, 0) is 62.8 Å². The zero-order chi connectivity index (χ0) is 26.5. The van der Waals surface area contributed by atoms with Crippen LogP contribution in [-0.4, -0.2) is 57.4 Å². The number of hydrogen-bond donors (Lipinski definition) is 8. The highest BCUT2D eigenvalue weighted by atomic mass is 16.5. The second-order valence-corrected chi connectivity index (χ2v) is 8.26. The third-order valence-corrected chi connectivity index (χ3v) is 5.28. The molecule has 36 heavy (non-hydrogen) atoms. The average molecular weight is 506 g/mol. The van der Waals surface area contributed by atoms with Gasteiger partial charge < -0.3 is 48.3 Å². The van der Waals surface area contributed by atoms with E-state index in [1.165, 1.54) is 0 Å². The molecule has 198 valence electrons. The molecular formula is C22H35N9O5. The van der Waals surface area contributed by atoms with Gasteiger partial charge in [-0.1, -0.05) is 17.3 Å². The van der Waals surface area contributed by atoms with Gasteiger partial charge in [0.15, 0.2) is 11.8 Å². The number of urea groups is 1. The number of aromatic hydroxyl groups is 1. The van der Waals surface area contributed by atoms with Crippen molar-refractivity contribution >= 4 is 18.0 Å². The fraction of sp³-hybridized carbons (Fsp3) is 0.500. The van der Waals surface area contributed by atoms with E-state index in [-0.39, 0.29) is 36.4 Å². The lowest BCUT2D eigenvalue weighted by molar-refractivity contribution is -0.139. The number of aliphatic imine (C=N–C) groups is 1. The van der Waals surface area contributed by atoms with Crippen LogP contribution in [0.5, 0.6) is 5.75 Å². The van der Waals surface area contributed by atoms with Gasteiger partial charge in [0, 0.05) is 6.54 Å². The van der Waals surface area contributed by atoms with Gasteiger partial charge in [-0.2, -0.15) is 4.98 Å². The van der Waals surface area contributed by atoms with Crippen molar-refractivity contribution in [2.75, 3.05) is 13.1 Å². The van der Waals surface area contributed by atoms with Crippen LogP contribution in [-0.2, 0) is 11.2 Å². The number of hydrogen-bond acceptors (Lipinski definition) is 9. The minimum atomic E-state index is -1.19. The Kier molecular flexibility index (Phi) is 11.4. The van der Waals surface area contributed by atoms with Crippen molar-refractivity contribution in [2.24, 2.45) is 27.9 Å². The molecule has 0 radical (unpaired) electrons. The summed E-state index contributed by atoms with van der Waals surface area (Å²) in [4.78, 5) is 32.3. The predicted molar refractivity (Wildman–Crippen MR) is 132 cm³/mol. The first-order valence-corrected chi connectivity index (χ1v) is 11.6. The van der Waals surface area contributed by atoms with E-state index in [1.807, 2.05) is 0 Å². The smallest absolute Gasteiger partial charge is 0.326 e. The van der Waals surface area contributed by atoms with E-state index < -0.39 is 30.1 Å². The Labute approximate surface area is 208 Å². The van der Waals surface area contributed by atoms with E-state index in [4.69, 9.17) is 27.5 Å². The lowest BCUT2D eigenvalue weighted by Gasteiger charge is -2.19. The van der Waals surface area contributed by atoms with Gasteiger partial charge >= 0.3 is 12.0 Å². The minimum absolute atomic E-state index is 0.0883. The molecule has 1 aromatic heterocycles. The first-order chi connectivity index (χ1) is 17.2. The number of aromatic nitrogens is 2.